The Morgan fingerprint density at radius 3 is 0.759 bits per heavy atom. The number of phosphoric acid groups is 2. The van der Waals surface area contributed by atoms with E-state index >= 15 is 0 Å². The second-order valence-electron chi connectivity index (χ2n) is 25.5. The Balaban J connectivity index is 5.54. The zero-order chi connectivity index (χ0) is 78.9. The molecule has 0 aromatic rings. The molecule has 0 aliphatic rings. The maximum absolute atomic E-state index is 13.1. The molecule has 0 aromatic heterocycles. The molecule has 0 bridgehead atoms. The van der Waals surface area contributed by atoms with Crippen molar-refractivity contribution in [3.8, 4) is 0 Å². The van der Waals surface area contributed by atoms with E-state index in [1.54, 1.807) is 0 Å². The highest BCUT2D eigenvalue weighted by molar-refractivity contribution is 7.47. The van der Waals surface area contributed by atoms with Crippen LogP contribution in [0, 0.1) is 0 Å². The van der Waals surface area contributed by atoms with E-state index in [2.05, 4.69) is 222 Å². The summed E-state index contributed by atoms with van der Waals surface area (Å²) in [6.45, 7) is 4.18. The van der Waals surface area contributed by atoms with Crippen LogP contribution < -0.4 is 0 Å². The molecule has 606 valence electrons. The molecule has 19 heteroatoms. The van der Waals surface area contributed by atoms with Crippen LogP contribution in [0.25, 0.3) is 0 Å². The molecular formula is C89H138O17P2. The fourth-order valence-corrected chi connectivity index (χ4v) is 11.1. The molecule has 0 radical (unpaired) electrons. The van der Waals surface area contributed by atoms with Crippen LogP contribution in [0.15, 0.2) is 219 Å². The third-order valence-corrected chi connectivity index (χ3v) is 17.3. The SMILES string of the molecule is CC/C=C\C/C=C\C/C=C\C/C=C\C/C=C\CCCC(=O)OCC(COP(=O)(O)OCC(O)COP(=O)(O)OCC(COC(=O)CCCCCCCC/C=C\C/C=C\C/C=C\C/C=C\CC)OC(=O)CCCC/C=C\C/C=C\C/C=C\C/C=C\CC)OC(=O)CCC/C=C\C/C=C\C/C=C\C/C=C\C/C=C\CC. The number of esters is 4. The zero-order valence-corrected chi connectivity index (χ0v) is 68.0. The Bertz CT molecular complexity index is 2910. The average molecular weight is 1540 g/mol. The molecular weight excluding hydrogens is 1400 g/mol. The zero-order valence-electron chi connectivity index (χ0n) is 66.2. The van der Waals surface area contributed by atoms with Crippen molar-refractivity contribution in [2.24, 2.45) is 0 Å². The van der Waals surface area contributed by atoms with Gasteiger partial charge < -0.3 is 33.8 Å². The van der Waals surface area contributed by atoms with Crippen molar-refractivity contribution >= 4 is 39.5 Å². The molecule has 5 atom stereocenters. The summed E-state index contributed by atoms with van der Waals surface area (Å²) in [5.74, 6) is -2.40. The van der Waals surface area contributed by atoms with Crippen molar-refractivity contribution < 1.29 is 80.2 Å². The number of rotatable bonds is 72. The first-order valence-electron chi connectivity index (χ1n) is 40.0. The van der Waals surface area contributed by atoms with Gasteiger partial charge in [0.15, 0.2) is 12.2 Å². The lowest BCUT2D eigenvalue weighted by molar-refractivity contribution is -0.161. The second-order valence-corrected chi connectivity index (χ2v) is 28.4. The van der Waals surface area contributed by atoms with Gasteiger partial charge in [-0.2, -0.15) is 0 Å². The van der Waals surface area contributed by atoms with Gasteiger partial charge in [0.1, 0.15) is 19.3 Å². The van der Waals surface area contributed by atoms with Crippen LogP contribution in [-0.4, -0.2) is 96.7 Å². The van der Waals surface area contributed by atoms with Crippen LogP contribution in [0.4, 0.5) is 0 Å². The molecule has 108 heavy (non-hydrogen) atoms. The van der Waals surface area contributed by atoms with Crippen molar-refractivity contribution in [1.29, 1.82) is 0 Å². The van der Waals surface area contributed by atoms with Crippen LogP contribution in [0.5, 0.6) is 0 Å². The first-order valence-corrected chi connectivity index (χ1v) is 43.0. The Morgan fingerprint density at radius 2 is 0.463 bits per heavy atom. The topological polar surface area (TPSA) is 237 Å². The highest BCUT2D eigenvalue weighted by atomic mass is 31.2. The van der Waals surface area contributed by atoms with Crippen LogP contribution in [0.2, 0.25) is 0 Å². The van der Waals surface area contributed by atoms with Gasteiger partial charge in [0.25, 0.3) is 0 Å². The third kappa shape index (κ3) is 77.5. The average Bonchev–Trinajstić information content (AvgIpc) is 0.901. The molecule has 0 amide bonds. The maximum Gasteiger partial charge on any atom is 0.472 e. The Labute approximate surface area is 651 Å². The number of hydrogen-bond donors (Lipinski definition) is 3. The minimum Gasteiger partial charge on any atom is -0.462 e. The van der Waals surface area contributed by atoms with Gasteiger partial charge in [-0.25, -0.2) is 9.13 Å². The number of phosphoric ester groups is 2. The molecule has 0 heterocycles. The predicted molar refractivity (Wildman–Crippen MR) is 445 cm³/mol. The van der Waals surface area contributed by atoms with E-state index in [1.807, 2.05) is 24.3 Å². The van der Waals surface area contributed by atoms with Gasteiger partial charge in [0.05, 0.1) is 26.4 Å². The number of ether oxygens (including phenoxy) is 4. The number of carbonyl (C=O) groups excluding carboxylic acids is 4. The minimum atomic E-state index is -5.02. The van der Waals surface area contributed by atoms with E-state index in [1.165, 1.54) is 0 Å². The molecule has 17 nitrogen and oxygen atoms in total. The maximum atomic E-state index is 13.1. The highest BCUT2D eigenvalue weighted by Gasteiger charge is 2.30. The summed E-state index contributed by atoms with van der Waals surface area (Å²) in [4.78, 5) is 73.1. The van der Waals surface area contributed by atoms with E-state index in [0.717, 1.165) is 161 Å². The molecule has 0 rings (SSSR count). The van der Waals surface area contributed by atoms with Crippen LogP contribution in [0.1, 0.15) is 259 Å². The lowest BCUT2D eigenvalue weighted by atomic mass is 10.1. The van der Waals surface area contributed by atoms with E-state index < -0.39 is 97.5 Å². The Kier molecular flexibility index (Phi) is 73.7. The molecule has 0 saturated heterocycles. The smallest absolute Gasteiger partial charge is 0.462 e. The summed E-state index contributed by atoms with van der Waals surface area (Å²) in [7, 11) is -10.0. The molecule has 0 spiro atoms. The Hall–Kier alpha value is -6.62. The number of aliphatic hydroxyl groups is 1. The quantitative estimate of drug-likeness (QED) is 0.0169. The van der Waals surface area contributed by atoms with Crippen LogP contribution in [-0.2, 0) is 65.4 Å². The molecule has 0 aliphatic carbocycles. The van der Waals surface area contributed by atoms with E-state index in [4.69, 9.17) is 37.0 Å². The van der Waals surface area contributed by atoms with Crippen molar-refractivity contribution in [2.45, 2.75) is 277 Å². The summed E-state index contributed by atoms with van der Waals surface area (Å²) >= 11 is 0. The first kappa shape index (κ1) is 101. The predicted octanol–water partition coefficient (Wildman–Crippen LogP) is 23.7. The van der Waals surface area contributed by atoms with Crippen LogP contribution >= 0.6 is 15.6 Å². The molecule has 0 fully saturated rings. The van der Waals surface area contributed by atoms with Crippen molar-refractivity contribution in [3.05, 3.63) is 219 Å². The summed E-state index contributed by atoms with van der Waals surface area (Å²) in [6, 6.07) is 0. The normalized spacial score (nSPS) is 15.0. The van der Waals surface area contributed by atoms with Gasteiger partial charge in [-0.05, 0) is 180 Å². The fraction of sp³-hybridized carbons (Fsp3) is 0.551. The summed E-state index contributed by atoms with van der Waals surface area (Å²) < 4.78 is 68.5. The van der Waals surface area contributed by atoms with Gasteiger partial charge in [-0.3, -0.25) is 37.3 Å². The van der Waals surface area contributed by atoms with Crippen LogP contribution in [0.3, 0.4) is 0 Å². The molecule has 3 N–H and O–H groups in total. The second kappa shape index (κ2) is 78.5. The Morgan fingerprint density at radius 1 is 0.259 bits per heavy atom. The van der Waals surface area contributed by atoms with Crippen molar-refractivity contribution in [2.75, 3.05) is 39.6 Å². The number of allylic oxidation sites excluding steroid dienone is 36. The number of unbranched alkanes of at least 4 members (excludes halogenated alkanes) is 10. The molecule has 0 saturated carbocycles. The fourth-order valence-electron chi connectivity index (χ4n) is 9.51. The van der Waals surface area contributed by atoms with E-state index in [-0.39, 0.29) is 25.7 Å². The number of aliphatic hydroxyl groups excluding tert-OH is 1. The number of hydrogen-bond acceptors (Lipinski definition) is 15. The highest BCUT2D eigenvalue weighted by Crippen LogP contribution is 2.45. The lowest BCUT2D eigenvalue weighted by Gasteiger charge is -2.21. The van der Waals surface area contributed by atoms with Gasteiger partial charge in [-0.15, -0.1) is 0 Å². The van der Waals surface area contributed by atoms with E-state index in [0.29, 0.717) is 44.9 Å². The first-order chi connectivity index (χ1) is 52.7. The molecule has 0 aromatic carbocycles. The largest absolute Gasteiger partial charge is 0.472 e. The standard InChI is InChI=1S/C89H138O17P2/c1-5-9-13-17-21-25-29-33-37-40-41-44-47-50-54-58-62-66-70-74-87(92)100-79-84(105-88(93)75-71-67-63-59-55-51-45-36-32-28-24-20-16-12-8-4)81-103-107(95,96)101-77-83(90)78-102-108(97,98)104-82-85(106-89(94)76-72-68-64-60-56-52-48-43-39-35-31-27-23-19-15-11-7-3)80-99-86(91)73-69-65-61-57-53-49-46-42-38-34-30-26-22-18-14-10-6-2/h9-16,21-28,33-39,41,44-46,48-49,52,55,57,59-61,64,83-85,90H,5-8,17-20,29-32,40,42-43,47,50-51,53-54,56,58,62-63,65-82H2,1-4H3,(H,95,96)(H,97,98)/b13-9-,14-10-,15-11-,16-12-,25-21-,26-22-,27-23-,28-24-,37-33-,38-34-,39-35-,44-41-,45-36-,49-46-,52-48-,59-55-,61-57-,64-60-. The van der Waals surface area contributed by atoms with E-state index in [9.17, 15) is 43.2 Å². The summed E-state index contributed by atoms with van der Waals surface area (Å²) in [5.41, 5.74) is 0. The van der Waals surface area contributed by atoms with Gasteiger partial charge in [-0.1, -0.05) is 272 Å². The number of carbonyl (C=O) groups is 4. The monoisotopic (exact) mass is 1540 g/mol. The van der Waals surface area contributed by atoms with Crippen molar-refractivity contribution in [1.82, 2.24) is 0 Å². The molecule has 0 aliphatic heterocycles. The minimum absolute atomic E-state index is 0.00671. The van der Waals surface area contributed by atoms with Crippen molar-refractivity contribution in [3.63, 3.8) is 0 Å². The summed E-state index contributed by atoms with van der Waals surface area (Å²) in [5, 5.41) is 10.6. The van der Waals surface area contributed by atoms with Gasteiger partial charge in [0, 0.05) is 25.7 Å². The third-order valence-electron chi connectivity index (χ3n) is 15.4. The summed E-state index contributed by atoms with van der Waals surface area (Å²) in [6.07, 6.45) is 99.4. The van der Waals surface area contributed by atoms with Gasteiger partial charge >= 0.3 is 39.5 Å². The lowest BCUT2D eigenvalue weighted by Crippen LogP contribution is -2.30. The van der Waals surface area contributed by atoms with Gasteiger partial charge in [0.2, 0.25) is 0 Å². The molecule has 5 unspecified atom stereocenters.